The van der Waals surface area contributed by atoms with Crippen molar-refractivity contribution in [3.05, 3.63) is 40.6 Å². The van der Waals surface area contributed by atoms with E-state index in [0.717, 1.165) is 21.1 Å². The van der Waals surface area contributed by atoms with E-state index in [9.17, 15) is 4.79 Å². The third-order valence-electron chi connectivity index (χ3n) is 3.06. The number of thiophene rings is 1. The summed E-state index contributed by atoms with van der Waals surface area (Å²) < 4.78 is 0. The van der Waals surface area contributed by atoms with Gasteiger partial charge in [-0.3, -0.25) is 4.79 Å². The number of nitrogens with zero attached hydrogens (tertiary/aromatic N) is 1. The Balaban J connectivity index is 2.05. The molecule has 0 atom stereocenters. The van der Waals surface area contributed by atoms with E-state index in [4.69, 9.17) is 5.11 Å². The third kappa shape index (κ3) is 4.00. The molecule has 1 heterocycles. The fourth-order valence-electron chi connectivity index (χ4n) is 1.89. The third-order valence-corrected chi connectivity index (χ3v) is 4.88. The van der Waals surface area contributed by atoms with Gasteiger partial charge < -0.3 is 15.3 Å². The van der Waals surface area contributed by atoms with Gasteiger partial charge in [0.1, 0.15) is 4.88 Å². The fourth-order valence-corrected chi connectivity index (χ4v) is 3.54. The number of carbonyl (C=O) groups excluding carboxylic acids is 1. The number of hydrogen-bond donors (Lipinski definition) is 2. The van der Waals surface area contributed by atoms with Gasteiger partial charge in [-0.1, -0.05) is 0 Å². The molecule has 1 amide bonds. The summed E-state index contributed by atoms with van der Waals surface area (Å²) in [6.45, 7) is 0.697. The van der Waals surface area contributed by atoms with Gasteiger partial charge in [-0.15, -0.1) is 23.1 Å². The molecule has 4 nitrogen and oxygen atoms in total. The lowest BCUT2D eigenvalue weighted by Gasteiger charge is -2.18. The van der Waals surface area contributed by atoms with E-state index in [1.807, 2.05) is 53.9 Å². The summed E-state index contributed by atoms with van der Waals surface area (Å²) in [6.07, 6.45) is 1.96. The number of benzene rings is 1. The summed E-state index contributed by atoms with van der Waals surface area (Å²) in [4.78, 5) is 15.9. The van der Waals surface area contributed by atoms with Crippen LogP contribution in [0.25, 0.3) is 0 Å². The molecule has 112 valence electrons. The van der Waals surface area contributed by atoms with E-state index in [2.05, 4.69) is 5.32 Å². The van der Waals surface area contributed by atoms with Crippen molar-refractivity contribution >= 4 is 40.4 Å². The number of hydrogen-bond acceptors (Lipinski definition) is 5. The van der Waals surface area contributed by atoms with Crippen molar-refractivity contribution in [1.29, 1.82) is 0 Å². The Morgan fingerprint density at radius 3 is 2.67 bits per heavy atom. The summed E-state index contributed by atoms with van der Waals surface area (Å²) in [5, 5.41) is 13.8. The van der Waals surface area contributed by atoms with Crippen LogP contribution in [0.15, 0.2) is 40.6 Å². The average molecular weight is 322 g/mol. The summed E-state index contributed by atoms with van der Waals surface area (Å²) in [5.74, 6) is -0.0780. The molecule has 2 N–H and O–H groups in total. The quantitative estimate of drug-likeness (QED) is 0.802. The maximum atomic E-state index is 12.2. The van der Waals surface area contributed by atoms with Crippen LogP contribution in [0.2, 0.25) is 0 Å². The van der Waals surface area contributed by atoms with Crippen LogP contribution in [0.1, 0.15) is 9.67 Å². The van der Waals surface area contributed by atoms with Crippen LogP contribution in [0.5, 0.6) is 0 Å². The van der Waals surface area contributed by atoms with Gasteiger partial charge in [0.25, 0.3) is 5.91 Å². The average Bonchev–Trinajstić information content (AvgIpc) is 2.97. The van der Waals surface area contributed by atoms with Crippen molar-refractivity contribution in [2.45, 2.75) is 4.90 Å². The molecule has 0 radical (unpaired) electrons. The Bertz CT molecular complexity index is 596. The Morgan fingerprint density at radius 1 is 1.33 bits per heavy atom. The van der Waals surface area contributed by atoms with Crippen LogP contribution in [0, 0.1) is 0 Å². The highest BCUT2D eigenvalue weighted by atomic mass is 32.2. The predicted molar refractivity (Wildman–Crippen MR) is 90.9 cm³/mol. The molecule has 0 fully saturated rings. The molecule has 0 unspecified atom stereocenters. The first kappa shape index (κ1) is 15.9. The highest BCUT2D eigenvalue weighted by Gasteiger charge is 2.12. The number of aliphatic hydroxyl groups excluding tert-OH is 1. The maximum absolute atomic E-state index is 12.2. The van der Waals surface area contributed by atoms with Gasteiger partial charge in [0.05, 0.1) is 6.61 Å². The van der Waals surface area contributed by atoms with Gasteiger partial charge in [0.2, 0.25) is 0 Å². The predicted octanol–water partition coefficient (Wildman–Crippen LogP) is 3.15. The van der Waals surface area contributed by atoms with Crippen LogP contribution >= 0.6 is 23.1 Å². The molecular formula is C15H18N2O2S2. The molecule has 0 aliphatic heterocycles. The van der Waals surface area contributed by atoms with E-state index in [0.29, 0.717) is 6.54 Å². The number of nitrogens with one attached hydrogen (secondary N) is 1. The van der Waals surface area contributed by atoms with Gasteiger partial charge in [0.15, 0.2) is 0 Å². The Morgan fingerprint density at radius 2 is 2.05 bits per heavy atom. The van der Waals surface area contributed by atoms with Crippen LogP contribution in [0.4, 0.5) is 11.4 Å². The van der Waals surface area contributed by atoms with Crippen LogP contribution < -0.4 is 10.2 Å². The minimum atomic E-state index is -0.0780. The zero-order valence-corrected chi connectivity index (χ0v) is 13.6. The van der Waals surface area contributed by atoms with Crippen molar-refractivity contribution in [2.75, 3.05) is 36.7 Å². The van der Waals surface area contributed by atoms with Crippen molar-refractivity contribution < 1.29 is 9.90 Å². The number of amides is 1. The summed E-state index contributed by atoms with van der Waals surface area (Å²) in [7, 11) is 1.92. The standard InChI is InChI=1S/C15H18N2O2S2/c1-17(8-9-18)12-5-3-11(4-6-12)16-15(19)14-13(20-2)7-10-21-14/h3-7,10,18H,8-9H2,1-2H3,(H,16,19). The van der Waals surface area contributed by atoms with Crippen molar-refractivity contribution in [2.24, 2.45) is 0 Å². The second kappa shape index (κ2) is 7.49. The van der Waals surface area contributed by atoms with E-state index in [-0.39, 0.29) is 12.5 Å². The van der Waals surface area contributed by atoms with Gasteiger partial charge in [-0.2, -0.15) is 0 Å². The molecule has 21 heavy (non-hydrogen) atoms. The highest BCUT2D eigenvalue weighted by molar-refractivity contribution is 7.98. The second-order valence-corrected chi connectivity index (χ2v) is 6.23. The largest absolute Gasteiger partial charge is 0.395 e. The number of anilines is 2. The molecule has 0 aliphatic carbocycles. The Hall–Kier alpha value is -1.50. The van der Waals surface area contributed by atoms with Crippen molar-refractivity contribution in [1.82, 2.24) is 0 Å². The van der Waals surface area contributed by atoms with Crippen molar-refractivity contribution in [3.63, 3.8) is 0 Å². The van der Waals surface area contributed by atoms with E-state index >= 15 is 0 Å². The molecule has 6 heteroatoms. The molecule has 1 aromatic heterocycles. The maximum Gasteiger partial charge on any atom is 0.266 e. The minimum absolute atomic E-state index is 0.0780. The zero-order chi connectivity index (χ0) is 15.2. The molecular weight excluding hydrogens is 304 g/mol. The van der Waals surface area contributed by atoms with Gasteiger partial charge in [-0.05, 0) is 42.0 Å². The number of aliphatic hydroxyl groups is 1. The van der Waals surface area contributed by atoms with Gasteiger partial charge in [-0.25, -0.2) is 0 Å². The summed E-state index contributed by atoms with van der Waals surface area (Å²) in [5.41, 5.74) is 1.77. The Labute approximate surface area is 132 Å². The van der Waals surface area contributed by atoms with E-state index < -0.39 is 0 Å². The molecule has 0 spiro atoms. The Kier molecular flexibility index (Phi) is 5.67. The number of thioether (sulfide) groups is 1. The lowest BCUT2D eigenvalue weighted by atomic mass is 10.2. The van der Waals surface area contributed by atoms with Gasteiger partial charge >= 0.3 is 0 Å². The number of rotatable bonds is 6. The normalized spacial score (nSPS) is 10.4. The van der Waals surface area contributed by atoms with Crippen LogP contribution in [-0.4, -0.2) is 37.5 Å². The molecule has 0 saturated carbocycles. The van der Waals surface area contributed by atoms with Gasteiger partial charge in [0, 0.05) is 29.9 Å². The molecule has 0 saturated heterocycles. The first-order chi connectivity index (χ1) is 10.2. The van der Waals surface area contributed by atoms with E-state index in [1.165, 1.54) is 11.3 Å². The lowest BCUT2D eigenvalue weighted by Crippen LogP contribution is -2.21. The summed E-state index contributed by atoms with van der Waals surface area (Å²) in [6, 6.07) is 9.54. The zero-order valence-electron chi connectivity index (χ0n) is 12.0. The topological polar surface area (TPSA) is 52.6 Å². The fraction of sp³-hybridized carbons (Fsp3) is 0.267. The monoisotopic (exact) mass is 322 g/mol. The minimum Gasteiger partial charge on any atom is -0.395 e. The van der Waals surface area contributed by atoms with Crippen molar-refractivity contribution in [3.8, 4) is 0 Å². The van der Waals surface area contributed by atoms with Crippen LogP contribution in [-0.2, 0) is 0 Å². The van der Waals surface area contributed by atoms with Crippen LogP contribution in [0.3, 0.4) is 0 Å². The van der Waals surface area contributed by atoms with E-state index in [1.54, 1.807) is 11.8 Å². The first-order valence-electron chi connectivity index (χ1n) is 6.50. The summed E-state index contributed by atoms with van der Waals surface area (Å²) >= 11 is 3.02. The molecule has 0 aliphatic rings. The number of carbonyl (C=O) groups is 1. The SMILES string of the molecule is CSc1ccsc1C(=O)Nc1ccc(N(C)CCO)cc1. The first-order valence-corrected chi connectivity index (χ1v) is 8.61. The molecule has 0 bridgehead atoms. The highest BCUT2D eigenvalue weighted by Crippen LogP contribution is 2.26. The molecule has 1 aromatic carbocycles. The lowest BCUT2D eigenvalue weighted by molar-refractivity contribution is 0.102. The second-order valence-electron chi connectivity index (χ2n) is 4.46. The molecule has 2 rings (SSSR count). The smallest absolute Gasteiger partial charge is 0.266 e. The number of likely N-dealkylation sites (N-methyl/N-ethyl adjacent to an activating group) is 1. The molecule has 2 aromatic rings.